The van der Waals surface area contributed by atoms with Crippen molar-refractivity contribution in [2.75, 3.05) is 5.32 Å². The first-order valence-corrected chi connectivity index (χ1v) is 11.8. The second-order valence-electron chi connectivity index (χ2n) is 9.19. The van der Waals surface area contributed by atoms with E-state index in [1.54, 1.807) is 39.0 Å². The van der Waals surface area contributed by atoms with Crippen molar-refractivity contribution in [3.8, 4) is 6.07 Å². The summed E-state index contributed by atoms with van der Waals surface area (Å²) in [6, 6.07) is 8.60. The van der Waals surface area contributed by atoms with E-state index >= 15 is 0 Å². The third-order valence-electron chi connectivity index (χ3n) is 5.83. The number of anilines is 2. The number of alkyl halides is 2. The molecule has 11 heteroatoms. The number of aromatic nitrogens is 3. The summed E-state index contributed by atoms with van der Waals surface area (Å²) in [5.74, 6) is -3.81. The number of benzene rings is 1. The number of hydrogen-bond donors (Lipinski definition) is 2. The summed E-state index contributed by atoms with van der Waals surface area (Å²) in [6.07, 6.45) is 0.284. The van der Waals surface area contributed by atoms with Gasteiger partial charge in [-0.25, -0.2) is 17.2 Å². The van der Waals surface area contributed by atoms with E-state index in [0.717, 1.165) is 0 Å². The second kappa shape index (κ2) is 7.66. The van der Waals surface area contributed by atoms with E-state index in [4.69, 9.17) is 0 Å². The van der Waals surface area contributed by atoms with Gasteiger partial charge in [0, 0.05) is 24.7 Å². The van der Waals surface area contributed by atoms with Crippen molar-refractivity contribution in [3.05, 3.63) is 46.9 Å². The van der Waals surface area contributed by atoms with Crippen molar-refractivity contribution >= 4 is 32.2 Å². The molecule has 3 aromatic rings. The molecule has 2 heterocycles. The smallest absolute Gasteiger partial charge is 0.261 e. The molecule has 0 saturated heterocycles. The lowest BCUT2D eigenvalue weighted by Crippen LogP contribution is -2.27. The highest BCUT2D eigenvalue weighted by Crippen LogP contribution is 2.46. The summed E-state index contributed by atoms with van der Waals surface area (Å²) in [6.45, 7) is 4.84. The Balaban J connectivity index is 1.74. The number of rotatable bonds is 4. The Labute approximate surface area is 189 Å². The third kappa shape index (κ3) is 3.99. The maximum Gasteiger partial charge on any atom is 0.261 e. The van der Waals surface area contributed by atoms with Crippen LogP contribution in [0, 0.1) is 17.2 Å². The number of hydrogen-bond acceptors (Lipinski definition) is 6. The van der Waals surface area contributed by atoms with Gasteiger partial charge in [0.2, 0.25) is 0 Å². The zero-order valence-corrected chi connectivity index (χ0v) is 19.1. The first-order valence-electron chi connectivity index (χ1n) is 10.3. The van der Waals surface area contributed by atoms with Gasteiger partial charge in [-0.1, -0.05) is 0 Å². The lowest BCUT2D eigenvalue weighted by molar-refractivity contribution is 0.00392. The number of sulfone groups is 1. The minimum Gasteiger partial charge on any atom is -0.338 e. The molecular weight excluding hydrogens is 452 g/mol. The normalized spacial score (nSPS) is 20.6. The fourth-order valence-electron chi connectivity index (χ4n) is 4.03. The Bertz CT molecular complexity index is 1410. The SMILES string of the molecule is CC(C)(C)S(=O)(=O)c1ccc(Nc2nn([C@H]3CC(F)(F)C[C@H]3C#N)c3cc[nH]c(=O)c23)cc1. The molecule has 0 bridgehead atoms. The molecule has 1 fully saturated rings. The van der Waals surface area contributed by atoms with Gasteiger partial charge >= 0.3 is 0 Å². The first kappa shape index (κ1) is 22.9. The van der Waals surface area contributed by atoms with Crippen LogP contribution in [0.4, 0.5) is 20.3 Å². The molecule has 1 saturated carbocycles. The molecule has 0 unspecified atom stereocenters. The van der Waals surface area contributed by atoms with Gasteiger partial charge < -0.3 is 10.3 Å². The van der Waals surface area contributed by atoms with E-state index in [9.17, 15) is 27.3 Å². The van der Waals surface area contributed by atoms with Gasteiger partial charge in [-0.15, -0.1) is 0 Å². The molecule has 0 aliphatic heterocycles. The van der Waals surface area contributed by atoms with Gasteiger partial charge in [0.25, 0.3) is 11.5 Å². The van der Waals surface area contributed by atoms with Crippen LogP contribution >= 0.6 is 0 Å². The highest BCUT2D eigenvalue weighted by Gasteiger charge is 2.48. The molecule has 2 N–H and O–H groups in total. The van der Waals surface area contributed by atoms with Gasteiger partial charge in [-0.2, -0.15) is 10.4 Å². The van der Waals surface area contributed by atoms with Crippen molar-refractivity contribution in [2.45, 2.75) is 55.2 Å². The number of nitrogens with zero attached hydrogens (tertiary/aromatic N) is 3. The molecule has 33 heavy (non-hydrogen) atoms. The molecule has 1 aliphatic rings. The maximum atomic E-state index is 14.0. The Morgan fingerprint density at radius 2 is 1.88 bits per heavy atom. The molecule has 174 valence electrons. The number of nitriles is 1. The summed E-state index contributed by atoms with van der Waals surface area (Å²) in [7, 11) is -3.54. The molecule has 4 rings (SSSR count). The molecule has 1 aliphatic carbocycles. The second-order valence-corrected chi connectivity index (χ2v) is 11.9. The summed E-state index contributed by atoms with van der Waals surface area (Å²) >= 11 is 0. The van der Waals surface area contributed by atoms with Crippen LogP contribution in [0.5, 0.6) is 0 Å². The predicted octanol–water partition coefficient (Wildman–Crippen LogP) is 4.15. The monoisotopic (exact) mass is 475 g/mol. The molecule has 8 nitrogen and oxygen atoms in total. The fraction of sp³-hybridized carbons (Fsp3) is 0.409. The van der Waals surface area contributed by atoms with Crippen LogP contribution in [0.1, 0.15) is 39.7 Å². The van der Waals surface area contributed by atoms with Crippen LogP contribution < -0.4 is 10.9 Å². The van der Waals surface area contributed by atoms with Gasteiger partial charge in [0.1, 0.15) is 5.39 Å². The lowest BCUT2D eigenvalue weighted by Gasteiger charge is -2.19. The van der Waals surface area contributed by atoms with E-state index in [1.807, 2.05) is 6.07 Å². The third-order valence-corrected chi connectivity index (χ3v) is 8.34. The quantitative estimate of drug-likeness (QED) is 0.585. The summed E-state index contributed by atoms with van der Waals surface area (Å²) in [5.41, 5.74) is 0.328. The van der Waals surface area contributed by atoms with E-state index in [-0.39, 0.29) is 16.1 Å². The molecular formula is C22H23F2N5O3S. The molecule has 2 atom stereocenters. The topological polar surface area (TPSA) is 121 Å². The van der Waals surface area contributed by atoms with Gasteiger partial charge in [-0.05, 0) is 51.1 Å². The van der Waals surface area contributed by atoms with Gasteiger partial charge in [0.05, 0.1) is 33.2 Å². The molecule has 2 aromatic heterocycles. The molecule has 0 radical (unpaired) electrons. The van der Waals surface area contributed by atoms with Crippen LogP contribution in [0.15, 0.2) is 46.2 Å². The summed E-state index contributed by atoms with van der Waals surface area (Å²) < 4.78 is 53.7. The van der Waals surface area contributed by atoms with Crippen LogP contribution in [0.3, 0.4) is 0 Å². The molecule has 0 spiro atoms. The van der Waals surface area contributed by atoms with Gasteiger partial charge in [0.15, 0.2) is 15.7 Å². The highest BCUT2D eigenvalue weighted by molar-refractivity contribution is 7.92. The Hall–Kier alpha value is -3.26. The number of pyridine rings is 1. The van der Waals surface area contributed by atoms with E-state index in [0.29, 0.717) is 11.2 Å². The Kier molecular flexibility index (Phi) is 5.32. The number of nitrogens with one attached hydrogen (secondary N) is 2. The zero-order valence-electron chi connectivity index (χ0n) is 18.3. The predicted molar refractivity (Wildman–Crippen MR) is 119 cm³/mol. The lowest BCUT2D eigenvalue weighted by atomic mass is 10.1. The average Bonchev–Trinajstić information content (AvgIpc) is 3.25. The van der Waals surface area contributed by atoms with Crippen LogP contribution in [0.25, 0.3) is 10.9 Å². The largest absolute Gasteiger partial charge is 0.338 e. The zero-order chi connectivity index (χ0) is 24.2. The summed E-state index contributed by atoms with van der Waals surface area (Å²) in [4.78, 5) is 15.3. The van der Waals surface area contributed by atoms with Crippen LogP contribution in [-0.2, 0) is 9.84 Å². The van der Waals surface area contributed by atoms with Crippen molar-refractivity contribution in [1.82, 2.24) is 14.8 Å². The molecule has 0 amide bonds. The standard InChI is InChI=1S/C22H23F2N5O3S/c1-21(2,3)33(31,32)15-6-4-14(5-7-15)27-19-18-16(8-9-26-20(18)30)29(28-19)17-11-22(23,24)10-13(17)12-25/h4-9,13,17H,10-11H2,1-3H3,(H,26,30)(H,27,28)/t13-,17-/m0/s1. The van der Waals surface area contributed by atoms with Crippen molar-refractivity contribution < 1.29 is 17.2 Å². The first-order chi connectivity index (χ1) is 15.3. The maximum absolute atomic E-state index is 14.0. The van der Waals surface area contributed by atoms with Crippen molar-refractivity contribution in [1.29, 1.82) is 5.26 Å². The van der Waals surface area contributed by atoms with E-state index in [1.165, 1.54) is 23.0 Å². The highest BCUT2D eigenvalue weighted by atomic mass is 32.2. The minimum atomic E-state index is -3.54. The molecule has 1 aromatic carbocycles. The Morgan fingerprint density at radius 1 is 1.21 bits per heavy atom. The number of aromatic amines is 1. The number of H-pyrrole nitrogens is 1. The van der Waals surface area contributed by atoms with E-state index < -0.39 is 50.9 Å². The van der Waals surface area contributed by atoms with Crippen molar-refractivity contribution in [3.63, 3.8) is 0 Å². The summed E-state index contributed by atoms with van der Waals surface area (Å²) in [5, 5.41) is 16.9. The van der Waals surface area contributed by atoms with Crippen LogP contribution in [-0.4, -0.2) is 33.9 Å². The Morgan fingerprint density at radius 3 is 2.48 bits per heavy atom. The van der Waals surface area contributed by atoms with Crippen molar-refractivity contribution in [2.24, 2.45) is 5.92 Å². The minimum absolute atomic E-state index is 0.130. The fourth-order valence-corrected chi connectivity index (χ4v) is 5.23. The van der Waals surface area contributed by atoms with Gasteiger partial charge in [-0.3, -0.25) is 9.48 Å². The average molecular weight is 476 g/mol. The number of halogens is 2. The van der Waals surface area contributed by atoms with E-state index in [2.05, 4.69) is 15.4 Å². The van der Waals surface area contributed by atoms with Crippen LogP contribution in [0.2, 0.25) is 0 Å². The number of fused-ring (bicyclic) bond motifs is 1.